The first-order valence-corrected chi connectivity index (χ1v) is 7.18. The molecule has 1 N–H and O–H groups in total. The largest absolute Gasteiger partial charge is 0.490 e. The minimum Gasteiger partial charge on any atom is -0.490 e. The minimum absolute atomic E-state index is 0.0569. The van der Waals surface area contributed by atoms with Crippen LogP contribution in [0.25, 0.3) is 0 Å². The number of carbonyl (C=O) groups excluding carboxylic acids is 1. The van der Waals surface area contributed by atoms with Crippen LogP contribution < -0.4 is 14.8 Å². The molecule has 1 aliphatic rings. The first kappa shape index (κ1) is 14.5. The first-order chi connectivity index (χ1) is 9.81. The van der Waals surface area contributed by atoms with Crippen LogP contribution in [0, 0.1) is 0 Å². The molecular formula is C15H22N2O3. The van der Waals surface area contributed by atoms with Crippen molar-refractivity contribution in [3.05, 3.63) is 24.3 Å². The summed E-state index contributed by atoms with van der Waals surface area (Å²) in [4.78, 5) is 13.7. The van der Waals surface area contributed by atoms with Crippen molar-refractivity contribution < 1.29 is 14.3 Å². The van der Waals surface area contributed by atoms with Crippen molar-refractivity contribution in [2.45, 2.75) is 26.2 Å². The van der Waals surface area contributed by atoms with Crippen molar-refractivity contribution in [1.29, 1.82) is 0 Å². The molecule has 0 aliphatic carbocycles. The molecular weight excluding hydrogens is 256 g/mol. The lowest BCUT2D eigenvalue weighted by molar-refractivity contribution is 0.173. The number of hydrogen-bond donors (Lipinski definition) is 1. The fourth-order valence-electron chi connectivity index (χ4n) is 2.23. The highest BCUT2D eigenvalue weighted by Gasteiger charge is 2.15. The number of carbonyl (C=O) groups is 1. The summed E-state index contributed by atoms with van der Waals surface area (Å²) in [5.74, 6) is 1.34. The van der Waals surface area contributed by atoms with E-state index in [0.717, 1.165) is 25.9 Å². The number of benzene rings is 1. The third kappa shape index (κ3) is 4.05. The number of para-hydroxylation sites is 2. The maximum atomic E-state index is 11.9. The number of nitrogens with zero attached hydrogens (tertiary/aromatic N) is 1. The summed E-state index contributed by atoms with van der Waals surface area (Å²) in [5, 5.41) is 2.78. The molecule has 1 aromatic rings. The van der Waals surface area contributed by atoms with Crippen LogP contribution in [-0.4, -0.2) is 37.4 Å². The summed E-state index contributed by atoms with van der Waals surface area (Å²) in [7, 11) is 0. The maximum absolute atomic E-state index is 11.9. The highest BCUT2D eigenvalue weighted by molar-refractivity contribution is 5.74. The van der Waals surface area contributed by atoms with Gasteiger partial charge in [-0.15, -0.1) is 0 Å². The van der Waals surface area contributed by atoms with Crippen LogP contribution in [0.1, 0.15) is 26.2 Å². The summed E-state index contributed by atoms with van der Waals surface area (Å²) in [6.07, 6.45) is 3.38. The maximum Gasteiger partial charge on any atom is 0.320 e. The SMILES string of the molecule is CCOc1ccccc1OCNC(=O)N1CCCCC1. The lowest BCUT2D eigenvalue weighted by Crippen LogP contribution is -2.43. The van der Waals surface area contributed by atoms with E-state index in [2.05, 4.69) is 5.32 Å². The van der Waals surface area contributed by atoms with Gasteiger partial charge in [-0.3, -0.25) is 0 Å². The van der Waals surface area contributed by atoms with Crippen LogP contribution in [0.15, 0.2) is 24.3 Å². The minimum atomic E-state index is -0.0569. The molecule has 0 atom stereocenters. The summed E-state index contributed by atoms with van der Waals surface area (Å²) < 4.78 is 11.0. The predicted octanol–water partition coefficient (Wildman–Crippen LogP) is 2.62. The normalized spacial score (nSPS) is 14.8. The second-order valence-electron chi connectivity index (χ2n) is 4.70. The van der Waals surface area contributed by atoms with Gasteiger partial charge in [0.1, 0.15) is 0 Å². The molecule has 1 heterocycles. The molecule has 1 aliphatic heterocycles. The number of rotatable bonds is 5. The average Bonchev–Trinajstić information content (AvgIpc) is 2.50. The van der Waals surface area contributed by atoms with E-state index < -0.39 is 0 Å². The van der Waals surface area contributed by atoms with Crippen molar-refractivity contribution >= 4 is 6.03 Å². The van der Waals surface area contributed by atoms with E-state index in [1.165, 1.54) is 6.42 Å². The summed E-state index contributed by atoms with van der Waals surface area (Å²) in [6, 6.07) is 7.40. The average molecular weight is 278 g/mol. The van der Waals surface area contributed by atoms with Crippen molar-refractivity contribution in [2.24, 2.45) is 0 Å². The summed E-state index contributed by atoms with van der Waals surface area (Å²) >= 11 is 0. The second-order valence-corrected chi connectivity index (χ2v) is 4.70. The molecule has 0 aromatic heterocycles. The van der Waals surface area contributed by atoms with Gasteiger partial charge >= 0.3 is 6.03 Å². The first-order valence-electron chi connectivity index (χ1n) is 7.18. The van der Waals surface area contributed by atoms with Gasteiger partial charge in [-0.1, -0.05) is 12.1 Å². The zero-order chi connectivity index (χ0) is 14.2. The molecule has 0 bridgehead atoms. The Kier molecular flexibility index (Phi) is 5.53. The van der Waals surface area contributed by atoms with E-state index in [0.29, 0.717) is 18.1 Å². The third-order valence-electron chi connectivity index (χ3n) is 3.24. The molecule has 5 nitrogen and oxygen atoms in total. The monoisotopic (exact) mass is 278 g/mol. The van der Waals surface area contributed by atoms with E-state index in [4.69, 9.17) is 9.47 Å². The van der Waals surface area contributed by atoms with E-state index >= 15 is 0 Å². The zero-order valence-electron chi connectivity index (χ0n) is 11.9. The van der Waals surface area contributed by atoms with Gasteiger partial charge in [-0.25, -0.2) is 4.79 Å². The van der Waals surface area contributed by atoms with E-state index in [1.807, 2.05) is 36.1 Å². The molecule has 0 radical (unpaired) electrons. The Morgan fingerprint density at radius 3 is 2.45 bits per heavy atom. The Morgan fingerprint density at radius 1 is 1.15 bits per heavy atom. The molecule has 0 spiro atoms. The molecule has 1 saturated heterocycles. The van der Waals surface area contributed by atoms with E-state index in [-0.39, 0.29) is 12.8 Å². The Balaban J connectivity index is 1.79. The van der Waals surface area contributed by atoms with Crippen molar-refractivity contribution in [2.75, 3.05) is 26.4 Å². The third-order valence-corrected chi connectivity index (χ3v) is 3.24. The van der Waals surface area contributed by atoms with Crippen LogP contribution in [0.2, 0.25) is 0 Å². The van der Waals surface area contributed by atoms with Gasteiger partial charge in [-0.2, -0.15) is 0 Å². The second kappa shape index (κ2) is 7.62. The topological polar surface area (TPSA) is 50.8 Å². The highest BCUT2D eigenvalue weighted by atomic mass is 16.5. The molecule has 5 heteroatoms. The molecule has 0 saturated carbocycles. The standard InChI is InChI=1S/C15H22N2O3/c1-2-19-13-8-4-5-9-14(13)20-12-16-15(18)17-10-6-3-7-11-17/h4-5,8-9H,2-3,6-7,10-12H2,1H3,(H,16,18). The predicted molar refractivity (Wildman–Crippen MR) is 77.1 cm³/mol. The van der Waals surface area contributed by atoms with Gasteiger partial charge in [0, 0.05) is 13.1 Å². The summed E-state index contributed by atoms with van der Waals surface area (Å²) in [6.45, 7) is 4.33. The summed E-state index contributed by atoms with van der Waals surface area (Å²) in [5.41, 5.74) is 0. The Morgan fingerprint density at radius 2 is 1.80 bits per heavy atom. The number of ether oxygens (including phenoxy) is 2. The lowest BCUT2D eigenvalue weighted by atomic mass is 10.1. The number of likely N-dealkylation sites (tertiary alicyclic amines) is 1. The Bertz CT molecular complexity index is 431. The van der Waals surface area contributed by atoms with Gasteiger partial charge in [-0.05, 0) is 38.3 Å². The zero-order valence-corrected chi connectivity index (χ0v) is 11.9. The molecule has 1 aromatic carbocycles. The quantitative estimate of drug-likeness (QED) is 0.842. The van der Waals surface area contributed by atoms with Gasteiger partial charge < -0.3 is 19.7 Å². The number of piperidine rings is 1. The number of urea groups is 1. The van der Waals surface area contributed by atoms with E-state index in [1.54, 1.807) is 0 Å². The van der Waals surface area contributed by atoms with Gasteiger partial charge in [0.15, 0.2) is 18.2 Å². The fraction of sp³-hybridized carbons (Fsp3) is 0.533. The van der Waals surface area contributed by atoms with E-state index in [9.17, 15) is 4.79 Å². The van der Waals surface area contributed by atoms with Gasteiger partial charge in [0.05, 0.1) is 6.61 Å². The number of hydrogen-bond acceptors (Lipinski definition) is 3. The number of nitrogens with one attached hydrogen (secondary N) is 1. The van der Waals surface area contributed by atoms with Crippen molar-refractivity contribution in [3.8, 4) is 11.5 Å². The van der Waals surface area contributed by atoms with Crippen LogP contribution in [-0.2, 0) is 0 Å². The van der Waals surface area contributed by atoms with Crippen molar-refractivity contribution in [1.82, 2.24) is 10.2 Å². The molecule has 2 amide bonds. The molecule has 0 unspecified atom stereocenters. The van der Waals surface area contributed by atoms with Gasteiger partial charge in [0.25, 0.3) is 0 Å². The lowest BCUT2D eigenvalue weighted by Gasteiger charge is -2.26. The highest BCUT2D eigenvalue weighted by Crippen LogP contribution is 2.25. The van der Waals surface area contributed by atoms with Crippen LogP contribution in [0.4, 0.5) is 4.79 Å². The molecule has 2 rings (SSSR count). The number of amides is 2. The molecule has 20 heavy (non-hydrogen) atoms. The molecule has 110 valence electrons. The Labute approximate surface area is 119 Å². The molecule has 1 fully saturated rings. The fourth-order valence-corrected chi connectivity index (χ4v) is 2.23. The van der Waals surface area contributed by atoms with Crippen LogP contribution >= 0.6 is 0 Å². The Hall–Kier alpha value is -1.91. The van der Waals surface area contributed by atoms with Crippen LogP contribution in [0.3, 0.4) is 0 Å². The van der Waals surface area contributed by atoms with Gasteiger partial charge in [0.2, 0.25) is 0 Å². The van der Waals surface area contributed by atoms with Crippen LogP contribution in [0.5, 0.6) is 11.5 Å². The smallest absolute Gasteiger partial charge is 0.320 e. The van der Waals surface area contributed by atoms with Crippen molar-refractivity contribution in [3.63, 3.8) is 0 Å².